The summed E-state index contributed by atoms with van der Waals surface area (Å²) in [6.45, 7) is 6.51. The van der Waals surface area contributed by atoms with Gasteiger partial charge in [0.2, 0.25) is 5.13 Å². The van der Waals surface area contributed by atoms with Crippen molar-refractivity contribution in [1.82, 2.24) is 20.0 Å². The second-order valence-electron chi connectivity index (χ2n) is 4.94. The Morgan fingerprint density at radius 2 is 2.14 bits per heavy atom. The Morgan fingerprint density at radius 3 is 2.71 bits per heavy atom. The van der Waals surface area contributed by atoms with Gasteiger partial charge in [-0.2, -0.15) is 5.10 Å². The van der Waals surface area contributed by atoms with Gasteiger partial charge in [-0.15, -0.1) is 10.2 Å². The van der Waals surface area contributed by atoms with E-state index in [9.17, 15) is 8.42 Å². The molecule has 10 heteroatoms. The van der Waals surface area contributed by atoms with Crippen molar-refractivity contribution in [3.63, 3.8) is 0 Å². The van der Waals surface area contributed by atoms with Crippen molar-refractivity contribution in [2.75, 3.05) is 10.5 Å². The van der Waals surface area contributed by atoms with Crippen LogP contribution in [0, 0.1) is 5.92 Å². The highest BCUT2D eigenvalue weighted by molar-refractivity contribution is 7.93. The van der Waals surface area contributed by atoms with Crippen molar-refractivity contribution in [1.29, 1.82) is 0 Å². The average Bonchev–Trinajstić information content (AvgIpc) is 2.95. The molecule has 0 bridgehead atoms. The van der Waals surface area contributed by atoms with E-state index in [1.807, 2.05) is 6.92 Å². The minimum atomic E-state index is -3.80. The summed E-state index contributed by atoms with van der Waals surface area (Å²) < 4.78 is 28.4. The van der Waals surface area contributed by atoms with Gasteiger partial charge in [0.05, 0.1) is 0 Å². The van der Waals surface area contributed by atoms with Crippen molar-refractivity contribution in [3.05, 3.63) is 11.2 Å². The van der Waals surface area contributed by atoms with Crippen molar-refractivity contribution in [2.24, 2.45) is 5.92 Å². The third kappa shape index (κ3) is 3.70. The van der Waals surface area contributed by atoms with Gasteiger partial charge in [-0.25, -0.2) is 8.42 Å². The van der Waals surface area contributed by atoms with Gasteiger partial charge < -0.3 is 5.73 Å². The van der Waals surface area contributed by atoms with Crippen LogP contribution in [0.5, 0.6) is 0 Å². The summed E-state index contributed by atoms with van der Waals surface area (Å²) in [5.74, 6) is 0.400. The van der Waals surface area contributed by atoms with Gasteiger partial charge in [-0.05, 0) is 12.8 Å². The minimum Gasteiger partial charge on any atom is -0.381 e. The van der Waals surface area contributed by atoms with Crippen LogP contribution in [0.1, 0.15) is 25.8 Å². The minimum absolute atomic E-state index is 0.0312. The summed E-state index contributed by atoms with van der Waals surface area (Å²) in [5, 5.41) is 12.8. The average molecular weight is 330 g/mol. The van der Waals surface area contributed by atoms with E-state index in [-0.39, 0.29) is 15.8 Å². The molecule has 2 heterocycles. The molecule has 21 heavy (non-hydrogen) atoms. The van der Waals surface area contributed by atoms with Crippen molar-refractivity contribution >= 4 is 32.3 Å². The first-order valence-corrected chi connectivity index (χ1v) is 8.80. The predicted molar refractivity (Wildman–Crippen MR) is 81.6 cm³/mol. The highest BCUT2D eigenvalue weighted by Gasteiger charge is 2.22. The van der Waals surface area contributed by atoms with Crippen LogP contribution in [0.15, 0.2) is 11.1 Å². The monoisotopic (exact) mass is 330 g/mol. The zero-order chi connectivity index (χ0) is 15.6. The van der Waals surface area contributed by atoms with Crippen LogP contribution in [-0.4, -0.2) is 28.4 Å². The van der Waals surface area contributed by atoms with E-state index in [1.54, 1.807) is 0 Å². The van der Waals surface area contributed by atoms with Crippen molar-refractivity contribution in [2.45, 2.75) is 38.6 Å². The number of nitrogens with two attached hydrogens (primary N) is 1. The molecule has 0 aromatic carbocycles. The lowest BCUT2D eigenvalue weighted by atomic mass is 10.1. The molecule has 3 N–H and O–H groups in total. The summed E-state index contributed by atoms with van der Waals surface area (Å²) in [7, 11) is -3.80. The summed E-state index contributed by atoms with van der Waals surface area (Å²) in [6.07, 6.45) is 2.16. The molecular formula is C11H18N6O2S2. The lowest BCUT2D eigenvalue weighted by Gasteiger charge is -2.02. The third-order valence-electron chi connectivity index (χ3n) is 2.64. The number of hydrogen-bond donors (Lipinski definition) is 2. The fourth-order valence-corrected chi connectivity index (χ4v) is 3.94. The largest absolute Gasteiger partial charge is 0.381 e. The van der Waals surface area contributed by atoms with Crippen LogP contribution in [-0.2, 0) is 23.0 Å². The highest BCUT2D eigenvalue weighted by atomic mass is 32.2. The molecule has 2 aromatic heterocycles. The van der Waals surface area contributed by atoms with Gasteiger partial charge in [0.25, 0.3) is 10.0 Å². The van der Waals surface area contributed by atoms with Crippen LogP contribution in [0.3, 0.4) is 0 Å². The molecule has 0 spiro atoms. The maximum absolute atomic E-state index is 12.3. The van der Waals surface area contributed by atoms with Crippen LogP contribution >= 0.6 is 11.3 Å². The normalized spacial score (nSPS) is 12.0. The Hall–Kier alpha value is -1.68. The van der Waals surface area contributed by atoms with Gasteiger partial charge in [0.1, 0.15) is 9.90 Å². The van der Waals surface area contributed by atoms with Gasteiger partial charge in [-0.3, -0.25) is 9.40 Å². The summed E-state index contributed by atoms with van der Waals surface area (Å²) >= 11 is 1.22. The summed E-state index contributed by atoms with van der Waals surface area (Å²) in [6, 6.07) is 0. The second-order valence-corrected chi connectivity index (χ2v) is 7.65. The number of anilines is 2. The molecular weight excluding hydrogens is 312 g/mol. The Labute approximate surface area is 127 Å². The molecule has 0 radical (unpaired) electrons. The smallest absolute Gasteiger partial charge is 0.268 e. The van der Waals surface area contributed by atoms with Crippen LogP contribution in [0.2, 0.25) is 0 Å². The maximum atomic E-state index is 12.3. The molecule has 0 saturated heterocycles. The molecule has 0 saturated carbocycles. The van der Waals surface area contributed by atoms with Crippen LogP contribution < -0.4 is 10.5 Å². The summed E-state index contributed by atoms with van der Waals surface area (Å²) in [5.41, 5.74) is 5.64. The predicted octanol–water partition coefficient (Wildman–Crippen LogP) is 1.34. The van der Waals surface area contributed by atoms with Gasteiger partial charge in [0.15, 0.2) is 5.82 Å². The van der Waals surface area contributed by atoms with Gasteiger partial charge >= 0.3 is 0 Å². The molecule has 0 unspecified atom stereocenters. The zero-order valence-corrected chi connectivity index (χ0v) is 13.7. The molecule has 2 aromatic rings. The van der Waals surface area contributed by atoms with Crippen molar-refractivity contribution < 1.29 is 8.42 Å². The number of nitrogens with one attached hydrogen (secondary N) is 1. The maximum Gasteiger partial charge on any atom is 0.268 e. The second kappa shape index (κ2) is 5.98. The number of hydrogen-bond acceptors (Lipinski definition) is 7. The molecule has 2 rings (SSSR count). The van der Waals surface area contributed by atoms with E-state index in [1.165, 1.54) is 22.2 Å². The lowest BCUT2D eigenvalue weighted by molar-refractivity contribution is 0.600. The first kappa shape index (κ1) is 15.7. The molecule has 0 aliphatic rings. The van der Waals surface area contributed by atoms with Crippen molar-refractivity contribution in [3.8, 4) is 0 Å². The van der Waals surface area contributed by atoms with Crippen LogP contribution in [0.25, 0.3) is 0 Å². The van der Waals surface area contributed by atoms with E-state index in [4.69, 9.17) is 5.73 Å². The standard InChI is InChI=1S/C11H18N6O2S2/c1-4-17-6-8(10(12)15-17)21(18,19)16-11-14-13-9(20-11)5-7(2)3/h6-7H,4-5H2,1-3H3,(H2,12,15)(H,14,16). The number of aromatic nitrogens is 4. The first-order valence-electron chi connectivity index (χ1n) is 6.50. The fraction of sp³-hybridized carbons (Fsp3) is 0.545. The van der Waals surface area contributed by atoms with Gasteiger partial charge in [-0.1, -0.05) is 25.2 Å². The fourth-order valence-electron chi connectivity index (χ4n) is 1.68. The SMILES string of the molecule is CCn1cc(S(=O)(=O)Nc2nnc(CC(C)C)s2)c(N)n1. The van der Waals surface area contributed by atoms with Crippen LogP contribution in [0.4, 0.5) is 10.9 Å². The lowest BCUT2D eigenvalue weighted by Crippen LogP contribution is -2.13. The molecule has 0 aliphatic carbocycles. The number of rotatable bonds is 6. The van der Waals surface area contributed by atoms with E-state index in [0.29, 0.717) is 12.5 Å². The molecule has 0 fully saturated rings. The molecule has 0 amide bonds. The zero-order valence-electron chi connectivity index (χ0n) is 12.1. The number of aryl methyl sites for hydroxylation is 1. The number of sulfonamides is 1. The Bertz CT molecular complexity index is 719. The number of nitrogens with zero attached hydrogens (tertiary/aromatic N) is 4. The van der Waals surface area contributed by atoms with E-state index in [0.717, 1.165) is 11.4 Å². The molecule has 0 atom stereocenters. The first-order chi connectivity index (χ1) is 9.81. The topological polar surface area (TPSA) is 116 Å². The Balaban J connectivity index is 2.20. The number of nitrogen functional groups attached to an aromatic ring is 1. The van der Waals surface area contributed by atoms with E-state index < -0.39 is 10.0 Å². The molecule has 8 nitrogen and oxygen atoms in total. The Kier molecular flexibility index (Phi) is 4.47. The Morgan fingerprint density at radius 1 is 1.43 bits per heavy atom. The van der Waals surface area contributed by atoms with E-state index >= 15 is 0 Å². The summed E-state index contributed by atoms with van der Waals surface area (Å²) in [4.78, 5) is -0.0510. The van der Waals surface area contributed by atoms with Gasteiger partial charge in [0, 0.05) is 19.2 Å². The third-order valence-corrected chi connectivity index (χ3v) is 4.99. The quantitative estimate of drug-likeness (QED) is 0.825. The molecule has 0 aliphatic heterocycles. The highest BCUT2D eigenvalue weighted by Crippen LogP contribution is 2.23. The molecule has 116 valence electrons. The van der Waals surface area contributed by atoms with E-state index in [2.05, 4.69) is 33.9 Å².